The van der Waals surface area contributed by atoms with Gasteiger partial charge in [0.25, 0.3) is 11.1 Å². The predicted molar refractivity (Wildman–Crippen MR) is 300 cm³/mol. The van der Waals surface area contributed by atoms with E-state index in [0.717, 1.165) is 92.5 Å². The van der Waals surface area contributed by atoms with Crippen LogP contribution in [0.5, 0.6) is 0 Å². The molecule has 15 heteroatoms. The number of carbonyl (C=O) groups is 2. The molecule has 0 saturated carbocycles. The van der Waals surface area contributed by atoms with Crippen LogP contribution in [0.2, 0.25) is 0 Å². The van der Waals surface area contributed by atoms with Gasteiger partial charge in [0.1, 0.15) is 0 Å². The van der Waals surface area contributed by atoms with Crippen molar-refractivity contribution in [1.29, 1.82) is 0 Å². The third kappa shape index (κ3) is 30.1. The number of H-pyrrole nitrogens is 1. The molecule has 0 aliphatic rings. The Morgan fingerprint density at radius 2 is 1.36 bits per heavy atom. The number of anilines is 1. The zero-order chi connectivity index (χ0) is 55.0. The molecule has 73 heavy (non-hydrogen) atoms. The van der Waals surface area contributed by atoms with Gasteiger partial charge in [0.15, 0.2) is 5.78 Å². The summed E-state index contributed by atoms with van der Waals surface area (Å²) in [5.41, 5.74) is 10.1. The van der Waals surface area contributed by atoms with Gasteiger partial charge in [-0.25, -0.2) is 0 Å². The molecule has 2 atom stereocenters. The number of nitrogens with two attached hydrogens (primary N) is 1. The lowest BCUT2D eigenvalue weighted by molar-refractivity contribution is -0.116. The van der Waals surface area contributed by atoms with Crippen LogP contribution < -0.4 is 27.7 Å². The van der Waals surface area contributed by atoms with Gasteiger partial charge in [0.05, 0.1) is 11.4 Å². The number of benzene rings is 1. The summed E-state index contributed by atoms with van der Waals surface area (Å²) in [5.74, 6) is 0.849. The van der Waals surface area contributed by atoms with Crippen LogP contribution >= 0.6 is 0 Å². The zero-order valence-electron chi connectivity index (χ0n) is 46.1. The number of ketones is 1. The van der Waals surface area contributed by atoms with Crippen LogP contribution in [-0.2, 0) is 35.5 Å². The molecule has 3 heterocycles. The monoisotopic (exact) mass is 1020 g/mol. The number of aliphatic hydroxyl groups excluding tert-OH is 1. The number of pyridine rings is 3. The fourth-order valence-electron chi connectivity index (χ4n) is 7.21. The van der Waals surface area contributed by atoms with Crippen molar-refractivity contribution >= 4 is 17.4 Å². The molecular formula is C58H93N7O8. The molecule has 0 bridgehead atoms. The van der Waals surface area contributed by atoms with Crippen molar-refractivity contribution in [3.05, 3.63) is 156 Å². The van der Waals surface area contributed by atoms with Crippen LogP contribution in [0.1, 0.15) is 156 Å². The first-order valence-corrected chi connectivity index (χ1v) is 26.4. The number of hydrogen-bond acceptors (Lipinski definition) is 11. The third-order valence-electron chi connectivity index (χ3n) is 12.0. The molecule has 2 unspecified atom stereocenters. The first-order chi connectivity index (χ1) is 35.1. The molecule has 0 aliphatic carbocycles. The molecule has 1 amide bonds. The smallest absolute Gasteiger partial charge is 0.283 e. The summed E-state index contributed by atoms with van der Waals surface area (Å²) >= 11 is 0. The van der Waals surface area contributed by atoms with Gasteiger partial charge in [0, 0.05) is 75.2 Å². The summed E-state index contributed by atoms with van der Waals surface area (Å²) in [6.07, 6.45) is 18.0. The Morgan fingerprint density at radius 1 is 0.740 bits per heavy atom. The number of aryl methyl sites for hydroxylation is 1. The summed E-state index contributed by atoms with van der Waals surface area (Å²) in [6.45, 7) is 23.5. The Morgan fingerprint density at radius 3 is 1.86 bits per heavy atom. The quantitative estimate of drug-likeness (QED) is 0.0143. The van der Waals surface area contributed by atoms with E-state index in [1.807, 2.05) is 62.4 Å². The number of nitrogens with one attached hydrogen (secondary N) is 2. The second kappa shape index (κ2) is 41.6. The van der Waals surface area contributed by atoms with Crippen molar-refractivity contribution in [3.63, 3.8) is 0 Å². The van der Waals surface area contributed by atoms with E-state index in [2.05, 4.69) is 68.6 Å². The maximum atomic E-state index is 11.7. The molecule has 0 spiro atoms. The second-order valence-corrected chi connectivity index (χ2v) is 18.0. The Kier molecular flexibility index (Phi) is 38.2. The molecule has 15 nitrogen and oxygen atoms in total. The molecule has 4 aromatic rings. The predicted octanol–water partition coefficient (Wildman–Crippen LogP) is 9.93. The van der Waals surface area contributed by atoms with Crippen LogP contribution in [0, 0.1) is 5.92 Å². The van der Waals surface area contributed by atoms with E-state index in [9.17, 15) is 34.4 Å². The van der Waals surface area contributed by atoms with Crippen molar-refractivity contribution in [2.45, 2.75) is 165 Å². The number of aliphatic hydroxyl groups is 1. The highest BCUT2D eigenvalue weighted by molar-refractivity contribution is 5.90. The average Bonchev–Trinajstić information content (AvgIpc) is 3.39. The molecule has 408 valence electrons. The minimum atomic E-state index is -0.417. The summed E-state index contributed by atoms with van der Waals surface area (Å²) < 4.78 is 1.50. The van der Waals surface area contributed by atoms with Crippen LogP contribution in [0.4, 0.5) is 5.69 Å². The van der Waals surface area contributed by atoms with E-state index in [1.165, 1.54) is 55.0 Å². The first kappa shape index (κ1) is 67.1. The largest absolute Gasteiger partial charge is 0.425 e. The Balaban J connectivity index is 0.00000102. The van der Waals surface area contributed by atoms with E-state index in [0.29, 0.717) is 49.8 Å². The van der Waals surface area contributed by atoms with Gasteiger partial charge in [-0.05, 0) is 126 Å². The van der Waals surface area contributed by atoms with Gasteiger partial charge in [-0.1, -0.05) is 123 Å². The highest BCUT2D eigenvalue weighted by Crippen LogP contribution is 2.18. The van der Waals surface area contributed by atoms with Gasteiger partial charge >= 0.3 is 0 Å². The molecule has 1 aromatic carbocycles. The van der Waals surface area contributed by atoms with Crippen molar-refractivity contribution < 1.29 is 25.1 Å². The number of rotatable bonds is 27. The van der Waals surface area contributed by atoms with E-state index >= 15 is 0 Å². The maximum absolute atomic E-state index is 11.7. The molecule has 0 aliphatic heterocycles. The molecule has 7 N–H and O–H groups in total. The van der Waals surface area contributed by atoms with Gasteiger partial charge in [-0.2, -0.15) is 9.46 Å². The molecule has 0 radical (unpaired) electrons. The lowest BCUT2D eigenvalue weighted by Crippen LogP contribution is -2.38. The minimum Gasteiger partial charge on any atom is -0.425 e. The normalized spacial score (nSPS) is 11.8. The standard InChI is InChI=1S/C22H32N4O3.C17H30N2O2.C11H18O.C7H9NO.CH4O/c1-3-14-25(16-20-6-5-7-22(28)26(20)29)19(4-2)15-17-8-10-18(11-9-17)24-21(27)12-13-23;1-4-6-7-12-18(13-11-15(3)5-2)14-16-9-8-10-17(20)19(16)21;1-4-7-11(12)9-6-8-10(3)5-2;1-2-6-4-3-5-7(9)8-6;1-2/h5-11,19,29H,3-4,12-16,23H2,1-2H3,(H,24,27);8-10,15,21H,4-7,11-14H2,1-3H3;6,8-9H,4-5,7H2,1-3H3;3-5H,2H2,1H3,(H,8,9);2H,1H3/b;;9-6-,10-8+;;. The van der Waals surface area contributed by atoms with Crippen LogP contribution in [0.25, 0.3) is 0 Å². The number of aromatic amines is 1. The number of hydrogen-bond donors (Lipinski definition) is 6. The molecule has 3 aromatic heterocycles. The maximum Gasteiger partial charge on any atom is 0.283 e. The third-order valence-corrected chi connectivity index (χ3v) is 12.0. The minimum absolute atomic E-state index is 0.0191. The van der Waals surface area contributed by atoms with Crippen LogP contribution in [0.15, 0.2) is 117 Å². The average molecular weight is 1020 g/mol. The fraction of sp³-hybridized carbons (Fsp3) is 0.534. The van der Waals surface area contributed by atoms with Gasteiger partial charge in [0.2, 0.25) is 11.5 Å². The van der Waals surface area contributed by atoms with E-state index < -0.39 is 5.56 Å². The number of nitrogens with zero attached hydrogens (tertiary/aromatic N) is 4. The molecule has 0 fully saturated rings. The van der Waals surface area contributed by atoms with E-state index in [-0.39, 0.29) is 28.9 Å². The fourth-order valence-corrected chi connectivity index (χ4v) is 7.21. The number of carbonyl (C=O) groups excluding carboxylic acids is 2. The Bertz CT molecular complexity index is 2320. The van der Waals surface area contributed by atoms with Crippen LogP contribution in [0.3, 0.4) is 0 Å². The Hall–Kier alpha value is -5.87. The van der Waals surface area contributed by atoms with Gasteiger partial charge in [-0.15, -0.1) is 0 Å². The van der Waals surface area contributed by atoms with Gasteiger partial charge in [-0.3, -0.25) is 33.8 Å². The number of amides is 1. The lowest BCUT2D eigenvalue weighted by Gasteiger charge is -2.31. The second-order valence-electron chi connectivity index (χ2n) is 18.0. The highest BCUT2D eigenvalue weighted by Gasteiger charge is 2.19. The molecular weight excluding hydrogens is 923 g/mol. The molecule has 0 saturated heterocycles. The van der Waals surface area contributed by atoms with Crippen molar-refractivity contribution in [2.24, 2.45) is 11.7 Å². The lowest BCUT2D eigenvalue weighted by atomic mass is 10.0. The summed E-state index contributed by atoms with van der Waals surface area (Å²) in [4.78, 5) is 63.8. The first-order valence-electron chi connectivity index (χ1n) is 26.4. The van der Waals surface area contributed by atoms with E-state index in [1.54, 1.807) is 30.3 Å². The van der Waals surface area contributed by atoms with Crippen molar-refractivity contribution in [3.8, 4) is 0 Å². The highest BCUT2D eigenvalue weighted by atomic mass is 16.5. The molecule has 4 rings (SSSR count). The van der Waals surface area contributed by atoms with Crippen molar-refractivity contribution in [2.75, 3.05) is 38.6 Å². The zero-order valence-corrected chi connectivity index (χ0v) is 46.1. The summed E-state index contributed by atoms with van der Waals surface area (Å²) in [7, 11) is 1.00. The Labute approximate surface area is 436 Å². The topological polar surface area (TPSA) is 216 Å². The summed E-state index contributed by atoms with van der Waals surface area (Å²) in [6, 6.07) is 23.0. The number of aromatic nitrogens is 3. The summed E-state index contributed by atoms with van der Waals surface area (Å²) in [5, 5.41) is 29.7. The van der Waals surface area contributed by atoms with E-state index in [4.69, 9.17) is 10.8 Å². The van der Waals surface area contributed by atoms with Gasteiger partial charge < -0.3 is 31.6 Å². The van der Waals surface area contributed by atoms with Crippen LogP contribution in [-0.4, -0.2) is 90.8 Å². The number of allylic oxidation sites excluding steroid dienone is 4. The SMILES string of the molecule is CCCC(=O)/C=C\C=C(/C)CC.CCCCCN(CCC(C)CC)Cc1cccc(=O)n1O.CCCN(Cc1cccc(=O)n1O)C(CC)Cc1ccc(NC(=O)CCN)cc1.CCc1cccc(=O)[nH]1.CO. The number of unbranched alkanes of at least 4 members (excludes halogenated alkanes) is 2. The van der Waals surface area contributed by atoms with Crippen molar-refractivity contribution in [1.82, 2.24) is 24.2 Å².